The van der Waals surface area contributed by atoms with Crippen molar-refractivity contribution in [1.82, 2.24) is 67.8 Å². The molecule has 12 rings (SSSR count). The average Bonchev–Trinajstić information content (AvgIpc) is 4.32. The molecule has 2 aliphatic rings. The van der Waals surface area contributed by atoms with E-state index >= 15 is 0 Å². The van der Waals surface area contributed by atoms with Gasteiger partial charge in [0.05, 0.1) is 44.0 Å². The van der Waals surface area contributed by atoms with Gasteiger partial charge in [-0.25, -0.2) is 48.1 Å². The van der Waals surface area contributed by atoms with Gasteiger partial charge in [-0.2, -0.15) is 47.7 Å². The molecule has 2 atom stereocenters. The lowest BCUT2D eigenvalue weighted by Gasteiger charge is -2.27. The van der Waals surface area contributed by atoms with Crippen molar-refractivity contribution in [3.8, 4) is 23.8 Å². The van der Waals surface area contributed by atoms with Crippen LogP contribution in [0.3, 0.4) is 0 Å². The SMILES string of the molecule is C[Si](C)(C)CCOCn1cc(C#N)c2c(N3CCC[C@H]3c3nn4ccc(Cl)c4c(=O)n3-c3ccccn3)ncnc21.N#Cc1c[nH]c2ncnc(N3CCC[C@H]3c3nn4ccc(Cl)c4c(=O)n3-c3ccccn3)c12.S.S. The fraction of sp³-hybridized carbons (Fsp3) is 0.280. The highest BCUT2D eigenvalue weighted by atomic mass is 35.5. The molecular formula is C50H50Cl2N18O3S2Si. The fourth-order valence-corrected chi connectivity index (χ4v) is 11.0. The number of nitriles is 2. The van der Waals surface area contributed by atoms with E-state index in [0.717, 1.165) is 31.7 Å². The van der Waals surface area contributed by atoms with Crippen molar-refractivity contribution < 1.29 is 4.74 Å². The summed E-state index contributed by atoms with van der Waals surface area (Å²) in [5.74, 6) is 3.22. The predicted octanol–water partition coefficient (Wildman–Crippen LogP) is 8.05. The summed E-state index contributed by atoms with van der Waals surface area (Å²) in [4.78, 5) is 61.5. The molecule has 10 aromatic heterocycles. The lowest BCUT2D eigenvalue weighted by atomic mass is 10.1. The number of pyridine rings is 2. The summed E-state index contributed by atoms with van der Waals surface area (Å²) in [6, 6.07) is 19.1. The lowest BCUT2D eigenvalue weighted by molar-refractivity contribution is 0.0898. The van der Waals surface area contributed by atoms with Crippen molar-refractivity contribution >= 4 is 103 Å². The second-order valence-electron chi connectivity index (χ2n) is 19.1. The van der Waals surface area contributed by atoms with Crippen LogP contribution in [-0.2, 0) is 11.5 Å². The number of anilines is 2. The van der Waals surface area contributed by atoms with Gasteiger partial charge in [-0.1, -0.05) is 55.0 Å². The molecule has 0 radical (unpaired) electrons. The zero-order valence-corrected chi connectivity index (χ0v) is 45.9. The van der Waals surface area contributed by atoms with Crippen LogP contribution >= 0.6 is 50.2 Å². The molecule has 12 heterocycles. The largest absolute Gasteiger partial charge is 0.361 e. The van der Waals surface area contributed by atoms with Gasteiger partial charge >= 0.3 is 0 Å². The third-order valence-corrected chi connectivity index (χ3v) is 15.6. The molecule has 0 aromatic carbocycles. The minimum Gasteiger partial charge on any atom is -0.361 e. The average molecular weight is 1110 g/mol. The summed E-state index contributed by atoms with van der Waals surface area (Å²) in [5, 5.41) is 31.3. The normalized spacial score (nSPS) is 15.4. The molecule has 0 unspecified atom stereocenters. The standard InChI is InChI=1S/C28H30ClN9O2Si.C22H16ClN9O.2H2S/c1-41(2,3)14-13-40-18-35-16-19(15-30)23-26(35)32-17-33-27(23)36-11-6-7-21(36)25-34-37-12-9-20(29)24(37)28(39)38(25)22-8-4-5-10-31-22;23-14-6-9-31-18(14)22(33)32(16-5-1-2-7-25-16)20(29-31)15-4-3-8-30(15)21-17-13(10-24)11-26-19(17)27-12-28-21;;/h4-5,8-10,12,16-17,21H,6-7,11,13-14,18H2,1-3H3;1-2,5-7,9,11-12,15H,3-4,8H2,(H,26,27,28);2*1H2/t21-;15-;;/m00../s1. The number of hydrogen-bond donors (Lipinski definition) is 1. The first-order chi connectivity index (χ1) is 35.9. The number of fused-ring (bicyclic) bond motifs is 4. The molecular weight excluding hydrogens is 1060 g/mol. The van der Waals surface area contributed by atoms with E-state index in [2.05, 4.69) is 76.5 Å². The molecule has 0 spiro atoms. The summed E-state index contributed by atoms with van der Waals surface area (Å²) in [6.45, 7) is 9.25. The van der Waals surface area contributed by atoms with Crippen LogP contribution in [-0.4, -0.2) is 95.6 Å². The zero-order chi connectivity index (χ0) is 51.3. The summed E-state index contributed by atoms with van der Waals surface area (Å²) in [7, 11) is -1.23. The van der Waals surface area contributed by atoms with Crippen molar-refractivity contribution in [2.75, 3.05) is 29.5 Å². The Morgan fingerprint density at radius 2 is 1.25 bits per heavy atom. The van der Waals surface area contributed by atoms with Gasteiger partial charge in [0, 0.05) is 65.0 Å². The van der Waals surface area contributed by atoms with Gasteiger partial charge in [-0.15, -0.1) is 0 Å². The van der Waals surface area contributed by atoms with Gasteiger partial charge < -0.3 is 24.1 Å². The van der Waals surface area contributed by atoms with Crippen LogP contribution in [0, 0.1) is 22.7 Å². The van der Waals surface area contributed by atoms with Gasteiger partial charge in [0.1, 0.15) is 77.1 Å². The van der Waals surface area contributed by atoms with E-state index < -0.39 is 8.07 Å². The first kappa shape index (κ1) is 53.3. The second-order valence-corrected chi connectivity index (χ2v) is 25.5. The van der Waals surface area contributed by atoms with E-state index in [1.54, 1.807) is 73.6 Å². The number of ether oxygens (including phenoxy) is 1. The van der Waals surface area contributed by atoms with Crippen LogP contribution in [0.4, 0.5) is 11.6 Å². The van der Waals surface area contributed by atoms with Crippen LogP contribution in [0.1, 0.15) is 60.5 Å². The van der Waals surface area contributed by atoms with Gasteiger partial charge in [0.2, 0.25) is 0 Å². The van der Waals surface area contributed by atoms with Crippen molar-refractivity contribution in [2.24, 2.45) is 0 Å². The Hall–Kier alpha value is -7.58. The quantitative estimate of drug-likeness (QED) is 0.0952. The highest BCUT2D eigenvalue weighted by Gasteiger charge is 2.36. The molecule has 1 N–H and O–H groups in total. The van der Waals surface area contributed by atoms with Crippen LogP contribution in [0.2, 0.25) is 35.7 Å². The first-order valence-corrected chi connectivity index (χ1v) is 28.4. The minimum absolute atomic E-state index is 0. The maximum atomic E-state index is 13.8. The summed E-state index contributed by atoms with van der Waals surface area (Å²) >= 11 is 12.7. The highest BCUT2D eigenvalue weighted by Crippen LogP contribution is 2.40. The second kappa shape index (κ2) is 21.9. The van der Waals surface area contributed by atoms with Crippen molar-refractivity contribution in [3.63, 3.8) is 0 Å². The molecule has 0 bridgehead atoms. The van der Waals surface area contributed by atoms with E-state index in [0.29, 0.717) is 105 Å². The third kappa shape index (κ3) is 9.67. The zero-order valence-electron chi connectivity index (χ0n) is 41.3. The molecule has 76 heavy (non-hydrogen) atoms. The van der Waals surface area contributed by atoms with Crippen molar-refractivity contribution in [3.05, 3.63) is 152 Å². The number of nitrogens with zero attached hydrogens (tertiary/aromatic N) is 17. The Morgan fingerprint density at radius 1 is 0.711 bits per heavy atom. The maximum Gasteiger partial charge on any atom is 0.285 e. The third-order valence-electron chi connectivity index (χ3n) is 13.3. The predicted molar refractivity (Wildman–Crippen MR) is 302 cm³/mol. The van der Waals surface area contributed by atoms with Crippen LogP contribution in [0.15, 0.2) is 108 Å². The number of halogens is 2. The van der Waals surface area contributed by atoms with Crippen LogP contribution in [0.25, 0.3) is 44.7 Å². The van der Waals surface area contributed by atoms with Crippen molar-refractivity contribution in [2.45, 2.75) is 70.2 Å². The van der Waals surface area contributed by atoms with Gasteiger partial charge in [0.15, 0.2) is 11.6 Å². The van der Waals surface area contributed by atoms with Crippen LogP contribution in [0.5, 0.6) is 0 Å². The highest BCUT2D eigenvalue weighted by molar-refractivity contribution is 7.59. The van der Waals surface area contributed by atoms with E-state index in [9.17, 15) is 20.1 Å². The summed E-state index contributed by atoms with van der Waals surface area (Å²) in [5.41, 5.74) is 2.13. The molecule has 388 valence electrons. The van der Waals surface area contributed by atoms with E-state index in [1.807, 2.05) is 16.7 Å². The Labute approximate surface area is 458 Å². The van der Waals surface area contributed by atoms with E-state index in [1.165, 1.54) is 30.8 Å². The van der Waals surface area contributed by atoms with E-state index in [-0.39, 0.29) is 61.2 Å². The van der Waals surface area contributed by atoms with Crippen LogP contribution < -0.4 is 20.9 Å². The topological polar surface area (TPSA) is 240 Å². The first-order valence-electron chi connectivity index (χ1n) is 23.9. The molecule has 0 aliphatic carbocycles. The Kier molecular flexibility index (Phi) is 15.4. The molecule has 0 saturated carbocycles. The number of aromatic nitrogens is 14. The lowest BCUT2D eigenvalue weighted by Crippen LogP contribution is -2.33. The number of H-pyrrole nitrogens is 1. The molecule has 2 fully saturated rings. The van der Waals surface area contributed by atoms with Gasteiger partial charge in [-0.3, -0.25) is 9.59 Å². The summed E-state index contributed by atoms with van der Waals surface area (Å²) in [6.07, 6.45) is 16.2. The molecule has 10 aromatic rings. The summed E-state index contributed by atoms with van der Waals surface area (Å²) < 4.78 is 13.9. The fourth-order valence-electron chi connectivity index (χ4n) is 9.82. The number of nitrogens with one attached hydrogen (secondary N) is 1. The monoisotopic (exact) mass is 1110 g/mol. The molecule has 2 saturated heterocycles. The van der Waals surface area contributed by atoms with Gasteiger partial charge in [0.25, 0.3) is 11.1 Å². The van der Waals surface area contributed by atoms with Crippen molar-refractivity contribution in [1.29, 1.82) is 10.5 Å². The molecule has 0 amide bonds. The van der Waals surface area contributed by atoms with E-state index in [4.69, 9.17) is 38.1 Å². The Balaban J connectivity index is 0.000000185. The maximum absolute atomic E-state index is 13.8. The van der Waals surface area contributed by atoms with Gasteiger partial charge in [-0.05, 0) is 68.1 Å². The smallest absolute Gasteiger partial charge is 0.285 e. The molecule has 21 nitrogen and oxygen atoms in total. The molecule has 2 aliphatic heterocycles. The number of rotatable bonds is 11. The number of aromatic amines is 1. The minimum atomic E-state index is -1.23. The molecule has 26 heteroatoms. The number of hydrogen-bond acceptors (Lipinski definition) is 15. The Bertz CT molecular complexity index is 3970. The Morgan fingerprint density at radius 3 is 1.76 bits per heavy atom.